The van der Waals surface area contributed by atoms with E-state index >= 15 is 0 Å². The normalized spacial score (nSPS) is 13.3. The molecule has 0 atom stereocenters. The van der Waals surface area contributed by atoms with Crippen molar-refractivity contribution in [3.05, 3.63) is 18.2 Å². The van der Waals surface area contributed by atoms with E-state index in [4.69, 9.17) is 9.47 Å². The third-order valence-electron chi connectivity index (χ3n) is 3.63. The van der Waals surface area contributed by atoms with Gasteiger partial charge in [-0.15, -0.1) is 10.2 Å². The van der Waals surface area contributed by atoms with E-state index in [0.29, 0.717) is 39.9 Å². The van der Waals surface area contributed by atoms with Gasteiger partial charge >= 0.3 is 0 Å². The van der Waals surface area contributed by atoms with Crippen molar-refractivity contribution in [2.24, 2.45) is 0 Å². The summed E-state index contributed by atoms with van der Waals surface area (Å²) in [5.74, 6) is 0.334. The van der Waals surface area contributed by atoms with Gasteiger partial charge < -0.3 is 9.47 Å². The molecule has 0 radical (unpaired) electrons. The zero-order chi connectivity index (χ0) is 19.4. The summed E-state index contributed by atoms with van der Waals surface area (Å²) in [4.78, 5) is 12.4. The van der Waals surface area contributed by atoms with Crippen LogP contribution in [0.3, 0.4) is 0 Å². The molecule has 0 saturated carbocycles. The number of hydrogen-bond acceptors (Lipinski definition) is 9. The summed E-state index contributed by atoms with van der Waals surface area (Å²) in [5.41, 5.74) is 0.332. The molecule has 0 fully saturated rings. The quantitative estimate of drug-likeness (QED) is 0.523. The van der Waals surface area contributed by atoms with Gasteiger partial charge in [-0.3, -0.25) is 14.4 Å². The maximum atomic E-state index is 12.6. The zero-order valence-electron chi connectivity index (χ0n) is 14.7. The highest BCUT2D eigenvalue weighted by Crippen LogP contribution is 2.35. The first kappa shape index (κ1) is 19.7. The van der Waals surface area contributed by atoms with Gasteiger partial charge in [-0.1, -0.05) is 23.1 Å². The van der Waals surface area contributed by atoms with E-state index in [9.17, 15) is 13.2 Å². The van der Waals surface area contributed by atoms with Crippen LogP contribution in [0, 0.1) is 0 Å². The Morgan fingerprint density at radius 2 is 2.04 bits per heavy atom. The highest BCUT2D eigenvalue weighted by atomic mass is 32.2. The van der Waals surface area contributed by atoms with Crippen molar-refractivity contribution in [3.8, 4) is 11.5 Å². The van der Waals surface area contributed by atoms with Gasteiger partial charge in [-0.05, 0) is 25.3 Å². The van der Waals surface area contributed by atoms with Gasteiger partial charge in [0.15, 0.2) is 15.8 Å². The first-order chi connectivity index (χ1) is 12.9. The molecule has 0 bridgehead atoms. The van der Waals surface area contributed by atoms with Gasteiger partial charge in [0, 0.05) is 6.07 Å². The first-order valence-electron chi connectivity index (χ1n) is 8.00. The monoisotopic (exact) mass is 430 g/mol. The van der Waals surface area contributed by atoms with Crippen LogP contribution in [0.1, 0.15) is 6.92 Å². The number of nitrogens with zero attached hydrogens (tertiary/aromatic N) is 3. The Balaban J connectivity index is 1.82. The van der Waals surface area contributed by atoms with E-state index in [1.807, 2.05) is 6.26 Å². The lowest BCUT2D eigenvalue weighted by molar-refractivity contribution is -0.114. The predicted octanol–water partition coefficient (Wildman–Crippen LogP) is 1.83. The molecule has 2 aromatic rings. The van der Waals surface area contributed by atoms with Gasteiger partial charge in [0.05, 0.1) is 11.4 Å². The molecule has 12 heteroatoms. The molecule has 1 aromatic carbocycles. The topological polar surface area (TPSA) is 111 Å². The summed E-state index contributed by atoms with van der Waals surface area (Å²) in [6, 6.07) is 4.78. The molecular weight excluding hydrogens is 412 g/mol. The summed E-state index contributed by atoms with van der Waals surface area (Å²) in [7, 11) is -3.69. The van der Waals surface area contributed by atoms with Gasteiger partial charge in [0.25, 0.3) is 0 Å². The number of hydrogen-bond donors (Lipinski definition) is 1. The molecule has 0 saturated heterocycles. The molecule has 0 unspecified atom stereocenters. The minimum atomic E-state index is -3.69. The fourth-order valence-corrected chi connectivity index (χ4v) is 4.57. The number of ether oxygens (including phenoxy) is 2. The molecule has 1 aromatic heterocycles. The van der Waals surface area contributed by atoms with Crippen LogP contribution in [0.5, 0.6) is 11.5 Å². The van der Waals surface area contributed by atoms with Gasteiger partial charge in [-0.2, -0.15) is 0 Å². The number of benzene rings is 1. The van der Waals surface area contributed by atoms with Crippen molar-refractivity contribution >= 4 is 49.8 Å². The Labute approximate surface area is 165 Å². The molecule has 0 aliphatic carbocycles. The summed E-state index contributed by atoms with van der Waals surface area (Å²) in [6.07, 6.45) is 1.85. The Hall–Kier alpha value is -2.05. The molecule has 146 valence electrons. The van der Waals surface area contributed by atoms with Crippen molar-refractivity contribution < 1.29 is 22.7 Å². The standard InChI is InChI=1S/C15H18N4O5S3/c1-3-27(21,22)19(9-13(20)16-14-17-18-15(25-2)26-14)10-4-5-11-12(8-10)24-7-6-23-11/h4-5,8H,3,6-7,9H2,1-2H3,(H,16,17,20). The van der Waals surface area contributed by atoms with Crippen LogP contribution < -0.4 is 19.1 Å². The fourth-order valence-electron chi connectivity index (χ4n) is 2.33. The molecule has 1 aliphatic heterocycles. The second-order valence-corrected chi connectivity index (χ2v) is 9.57. The number of fused-ring (bicyclic) bond motifs is 1. The zero-order valence-corrected chi connectivity index (χ0v) is 17.1. The SMILES string of the molecule is CCS(=O)(=O)N(CC(=O)Nc1nnc(SC)s1)c1ccc2c(c1)OCCO2. The van der Waals surface area contributed by atoms with Crippen LogP contribution in [-0.2, 0) is 14.8 Å². The van der Waals surface area contributed by atoms with E-state index < -0.39 is 15.9 Å². The maximum Gasteiger partial charge on any atom is 0.246 e. The van der Waals surface area contributed by atoms with Crippen molar-refractivity contribution in [2.75, 3.05) is 41.4 Å². The summed E-state index contributed by atoms with van der Waals surface area (Å²) >= 11 is 2.63. The maximum absolute atomic E-state index is 12.6. The number of sulfonamides is 1. The molecule has 1 aliphatic rings. The van der Waals surface area contributed by atoms with Crippen LogP contribution in [0.25, 0.3) is 0 Å². The molecule has 1 N–H and O–H groups in total. The van der Waals surface area contributed by atoms with Crippen LogP contribution in [0.4, 0.5) is 10.8 Å². The summed E-state index contributed by atoms with van der Waals surface area (Å²) in [6.45, 7) is 1.95. The van der Waals surface area contributed by atoms with E-state index in [-0.39, 0.29) is 12.3 Å². The lowest BCUT2D eigenvalue weighted by Gasteiger charge is -2.25. The highest BCUT2D eigenvalue weighted by Gasteiger charge is 2.26. The van der Waals surface area contributed by atoms with E-state index in [1.54, 1.807) is 18.2 Å². The lowest BCUT2D eigenvalue weighted by atomic mass is 10.2. The number of carbonyl (C=O) groups excluding carboxylic acids is 1. The second-order valence-electron chi connectivity index (χ2n) is 5.36. The third-order valence-corrected chi connectivity index (χ3v) is 7.18. The Morgan fingerprint density at radius 3 is 2.70 bits per heavy atom. The fraction of sp³-hybridized carbons (Fsp3) is 0.400. The predicted molar refractivity (Wildman–Crippen MR) is 105 cm³/mol. The third kappa shape index (κ3) is 4.62. The Morgan fingerprint density at radius 1 is 1.30 bits per heavy atom. The Kier molecular flexibility index (Phi) is 6.07. The summed E-state index contributed by atoms with van der Waals surface area (Å²) < 4.78 is 37.8. The average Bonchev–Trinajstić information content (AvgIpc) is 3.13. The van der Waals surface area contributed by atoms with Crippen LogP contribution in [-0.4, -0.2) is 56.3 Å². The van der Waals surface area contributed by atoms with Gasteiger partial charge in [0.1, 0.15) is 19.8 Å². The van der Waals surface area contributed by atoms with Crippen LogP contribution >= 0.6 is 23.1 Å². The number of nitrogens with one attached hydrogen (secondary N) is 1. The largest absolute Gasteiger partial charge is 0.486 e. The number of rotatable bonds is 7. The first-order valence-corrected chi connectivity index (χ1v) is 11.7. The number of aromatic nitrogens is 2. The molecular formula is C15H18N4O5S3. The number of thioether (sulfide) groups is 1. The Bertz CT molecular complexity index is 931. The minimum Gasteiger partial charge on any atom is -0.486 e. The number of anilines is 2. The van der Waals surface area contributed by atoms with E-state index in [0.717, 1.165) is 4.31 Å². The molecule has 0 spiro atoms. The van der Waals surface area contributed by atoms with Crippen molar-refractivity contribution in [2.45, 2.75) is 11.3 Å². The highest BCUT2D eigenvalue weighted by molar-refractivity contribution is 8.00. The second kappa shape index (κ2) is 8.31. The van der Waals surface area contributed by atoms with E-state index in [2.05, 4.69) is 15.5 Å². The van der Waals surface area contributed by atoms with Gasteiger partial charge in [0.2, 0.25) is 21.1 Å². The minimum absolute atomic E-state index is 0.149. The van der Waals surface area contributed by atoms with Gasteiger partial charge in [-0.25, -0.2) is 8.42 Å². The molecule has 27 heavy (non-hydrogen) atoms. The molecule has 9 nitrogen and oxygen atoms in total. The average molecular weight is 431 g/mol. The van der Waals surface area contributed by atoms with Crippen molar-refractivity contribution in [3.63, 3.8) is 0 Å². The van der Waals surface area contributed by atoms with Crippen molar-refractivity contribution in [1.82, 2.24) is 10.2 Å². The number of carbonyl (C=O) groups is 1. The molecule has 1 amide bonds. The van der Waals surface area contributed by atoms with Crippen molar-refractivity contribution in [1.29, 1.82) is 0 Å². The number of amides is 1. The summed E-state index contributed by atoms with van der Waals surface area (Å²) in [5, 5.41) is 10.7. The smallest absolute Gasteiger partial charge is 0.246 e. The molecule has 2 heterocycles. The van der Waals surface area contributed by atoms with E-state index in [1.165, 1.54) is 30.0 Å². The lowest BCUT2D eigenvalue weighted by Crippen LogP contribution is -2.39. The molecule has 3 rings (SSSR count). The van der Waals surface area contributed by atoms with Crippen LogP contribution in [0.2, 0.25) is 0 Å². The van der Waals surface area contributed by atoms with Crippen LogP contribution in [0.15, 0.2) is 22.5 Å².